The average molecular weight is 353 g/mol. The van der Waals surface area contributed by atoms with Crippen LogP contribution in [0.25, 0.3) is 16.8 Å². The normalized spacial score (nSPS) is 14.5. The van der Waals surface area contributed by atoms with Gasteiger partial charge in [0.2, 0.25) is 0 Å². The topological polar surface area (TPSA) is 92.0 Å². The number of amides is 1. The number of nitrogens with zero attached hydrogens (tertiary/aromatic N) is 4. The van der Waals surface area contributed by atoms with E-state index >= 15 is 0 Å². The molecule has 0 aliphatic carbocycles. The minimum absolute atomic E-state index is 0.277. The van der Waals surface area contributed by atoms with Gasteiger partial charge in [-0.25, -0.2) is 14.3 Å². The maximum Gasteiger partial charge on any atom is 0.404 e. The number of carbonyl (C=O) groups is 1. The Balaban J connectivity index is 1.68. The summed E-state index contributed by atoms with van der Waals surface area (Å²) in [4.78, 5) is 17.7. The van der Waals surface area contributed by atoms with Gasteiger partial charge in [-0.15, -0.1) is 0 Å². The molecule has 3 aromatic rings. The molecule has 2 N–H and O–H groups in total. The Kier molecular flexibility index (Phi) is 4.40. The molecule has 0 radical (unpaired) electrons. The SMILES string of the molecule is O=C(O)NCc1ccc(-c2nc(N3CCOCC3)cn3nccc23)cc1. The number of aromatic nitrogens is 3. The number of nitrogens with one attached hydrogen (secondary N) is 1. The number of hydrogen-bond acceptors (Lipinski definition) is 5. The molecule has 26 heavy (non-hydrogen) atoms. The van der Waals surface area contributed by atoms with Crippen LogP contribution in [0.5, 0.6) is 0 Å². The zero-order chi connectivity index (χ0) is 17.9. The molecule has 4 rings (SSSR count). The van der Waals surface area contributed by atoms with Gasteiger partial charge in [0, 0.05) is 25.2 Å². The lowest BCUT2D eigenvalue weighted by Crippen LogP contribution is -2.37. The quantitative estimate of drug-likeness (QED) is 0.745. The second-order valence-corrected chi connectivity index (χ2v) is 6.06. The molecule has 0 atom stereocenters. The van der Waals surface area contributed by atoms with Gasteiger partial charge in [-0.2, -0.15) is 5.10 Å². The predicted octanol–water partition coefficient (Wildman–Crippen LogP) is 2.00. The van der Waals surface area contributed by atoms with E-state index in [9.17, 15) is 4.79 Å². The Labute approximate surface area is 150 Å². The second-order valence-electron chi connectivity index (χ2n) is 6.06. The van der Waals surface area contributed by atoms with E-state index < -0.39 is 6.09 Å². The van der Waals surface area contributed by atoms with Crippen LogP contribution in [0.3, 0.4) is 0 Å². The minimum atomic E-state index is -1.03. The first-order valence-electron chi connectivity index (χ1n) is 8.44. The van der Waals surface area contributed by atoms with Crippen molar-refractivity contribution in [2.45, 2.75) is 6.54 Å². The Morgan fingerprint density at radius 1 is 1.19 bits per heavy atom. The highest BCUT2D eigenvalue weighted by Gasteiger charge is 2.16. The lowest BCUT2D eigenvalue weighted by Gasteiger charge is -2.28. The van der Waals surface area contributed by atoms with Gasteiger partial charge in [0.25, 0.3) is 0 Å². The summed E-state index contributed by atoms with van der Waals surface area (Å²) in [5, 5.41) is 15.4. The van der Waals surface area contributed by atoms with Gasteiger partial charge in [0.1, 0.15) is 5.82 Å². The van der Waals surface area contributed by atoms with E-state index in [1.807, 2.05) is 41.0 Å². The standard InChI is InChI=1S/C18H19N5O3/c24-18(25)19-11-13-1-3-14(4-2-13)17-15-5-6-20-23(15)12-16(21-17)22-7-9-26-10-8-22/h1-6,12,19H,7-11H2,(H,24,25). The van der Waals surface area contributed by atoms with E-state index in [1.165, 1.54) is 0 Å². The van der Waals surface area contributed by atoms with E-state index in [0.717, 1.165) is 41.2 Å². The summed E-state index contributed by atoms with van der Waals surface area (Å²) in [6, 6.07) is 9.66. The van der Waals surface area contributed by atoms with Crippen molar-refractivity contribution in [3.63, 3.8) is 0 Å². The average Bonchev–Trinajstić information content (AvgIpc) is 3.15. The largest absolute Gasteiger partial charge is 0.465 e. The van der Waals surface area contributed by atoms with Crippen LogP contribution >= 0.6 is 0 Å². The third-order valence-corrected chi connectivity index (χ3v) is 4.38. The zero-order valence-corrected chi connectivity index (χ0v) is 14.1. The fourth-order valence-corrected chi connectivity index (χ4v) is 3.03. The molecule has 1 aromatic carbocycles. The van der Waals surface area contributed by atoms with Crippen molar-refractivity contribution in [1.82, 2.24) is 19.9 Å². The van der Waals surface area contributed by atoms with Gasteiger partial charge in [-0.3, -0.25) is 0 Å². The number of rotatable bonds is 4. The van der Waals surface area contributed by atoms with Crippen LogP contribution in [0.4, 0.5) is 10.6 Å². The Hall–Kier alpha value is -3.13. The van der Waals surface area contributed by atoms with Crippen molar-refractivity contribution in [3.05, 3.63) is 48.3 Å². The lowest BCUT2D eigenvalue weighted by molar-refractivity contribution is 0.122. The van der Waals surface area contributed by atoms with E-state index in [-0.39, 0.29) is 6.54 Å². The summed E-state index contributed by atoms with van der Waals surface area (Å²) in [7, 11) is 0. The fraction of sp³-hybridized carbons (Fsp3) is 0.278. The predicted molar refractivity (Wildman–Crippen MR) is 96.3 cm³/mol. The van der Waals surface area contributed by atoms with Crippen LogP contribution in [0, 0.1) is 0 Å². The molecule has 3 heterocycles. The zero-order valence-electron chi connectivity index (χ0n) is 14.1. The number of fused-ring (bicyclic) bond motifs is 1. The molecule has 134 valence electrons. The number of ether oxygens (including phenoxy) is 1. The smallest absolute Gasteiger partial charge is 0.404 e. The molecule has 0 unspecified atom stereocenters. The lowest BCUT2D eigenvalue weighted by atomic mass is 10.1. The van der Waals surface area contributed by atoms with Crippen molar-refractivity contribution < 1.29 is 14.6 Å². The molecule has 8 heteroatoms. The van der Waals surface area contributed by atoms with Gasteiger partial charge < -0.3 is 20.1 Å². The number of carboxylic acid groups (broad SMARTS) is 1. The number of benzene rings is 1. The summed E-state index contributed by atoms with van der Waals surface area (Å²) in [6.45, 7) is 3.27. The minimum Gasteiger partial charge on any atom is -0.465 e. The molecule has 2 aromatic heterocycles. The summed E-state index contributed by atoms with van der Waals surface area (Å²) in [5.74, 6) is 0.871. The van der Waals surface area contributed by atoms with Gasteiger partial charge in [0.15, 0.2) is 0 Å². The first kappa shape index (κ1) is 16.3. The molecular formula is C18H19N5O3. The highest BCUT2D eigenvalue weighted by molar-refractivity contribution is 5.78. The van der Waals surface area contributed by atoms with Crippen molar-refractivity contribution >= 4 is 17.4 Å². The molecule has 1 saturated heterocycles. The van der Waals surface area contributed by atoms with Crippen LogP contribution in [0.1, 0.15) is 5.56 Å². The summed E-state index contributed by atoms with van der Waals surface area (Å²) in [5.41, 5.74) is 3.64. The Bertz CT molecular complexity index is 916. The van der Waals surface area contributed by atoms with Gasteiger partial charge >= 0.3 is 6.09 Å². The van der Waals surface area contributed by atoms with Gasteiger partial charge in [-0.1, -0.05) is 24.3 Å². The van der Waals surface area contributed by atoms with Gasteiger partial charge in [-0.05, 0) is 11.6 Å². The van der Waals surface area contributed by atoms with Crippen LogP contribution in [0.2, 0.25) is 0 Å². The highest BCUT2D eigenvalue weighted by Crippen LogP contribution is 2.26. The molecule has 0 bridgehead atoms. The maximum absolute atomic E-state index is 10.6. The Morgan fingerprint density at radius 2 is 1.96 bits per heavy atom. The van der Waals surface area contributed by atoms with Crippen molar-refractivity contribution in [3.8, 4) is 11.3 Å². The number of morpholine rings is 1. The van der Waals surface area contributed by atoms with Crippen LogP contribution in [-0.2, 0) is 11.3 Å². The van der Waals surface area contributed by atoms with Crippen molar-refractivity contribution in [2.75, 3.05) is 31.2 Å². The summed E-state index contributed by atoms with van der Waals surface area (Å²) >= 11 is 0. The fourth-order valence-electron chi connectivity index (χ4n) is 3.03. The molecule has 1 aliphatic heterocycles. The van der Waals surface area contributed by atoms with E-state index in [0.29, 0.717) is 13.2 Å². The molecule has 0 saturated carbocycles. The van der Waals surface area contributed by atoms with Crippen LogP contribution in [0.15, 0.2) is 42.7 Å². The summed E-state index contributed by atoms with van der Waals surface area (Å²) < 4.78 is 7.26. The first-order chi connectivity index (χ1) is 12.7. The van der Waals surface area contributed by atoms with E-state index in [1.54, 1.807) is 6.20 Å². The van der Waals surface area contributed by atoms with E-state index in [4.69, 9.17) is 14.8 Å². The van der Waals surface area contributed by atoms with Crippen molar-refractivity contribution in [1.29, 1.82) is 0 Å². The monoisotopic (exact) mass is 353 g/mol. The maximum atomic E-state index is 10.6. The molecule has 0 spiro atoms. The molecular weight excluding hydrogens is 334 g/mol. The second kappa shape index (κ2) is 7.01. The molecule has 1 fully saturated rings. The van der Waals surface area contributed by atoms with Crippen molar-refractivity contribution in [2.24, 2.45) is 0 Å². The number of hydrogen-bond donors (Lipinski definition) is 2. The molecule has 8 nitrogen and oxygen atoms in total. The third kappa shape index (κ3) is 3.31. The Morgan fingerprint density at radius 3 is 2.69 bits per heavy atom. The van der Waals surface area contributed by atoms with Crippen LogP contribution < -0.4 is 10.2 Å². The summed E-state index contributed by atoms with van der Waals surface area (Å²) in [6.07, 6.45) is 2.67. The molecule has 1 aliphatic rings. The first-order valence-corrected chi connectivity index (χ1v) is 8.44. The van der Waals surface area contributed by atoms with E-state index in [2.05, 4.69) is 15.3 Å². The van der Waals surface area contributed by atoms with Crippen LogP contribution in [-0.4, -0.2) is 52.1 Å². The van der Waals surface area contributed by atoms with Gasteiger partial charge in [0.05, 0.1) is 36.8 Å². The number of anilines is 1. The third-order valence-electron chi connectivity index (χ3n) is 4.38. The molecule has 1 amide bonds. The highest BCUT2D eigenvalue weighted by atomic mass is 16.5.